The third-order valence-electron chi connectivity index (χ3n) is 5.13. The van der Waals surface area contributed by atoms with Crippen molar-refractivity contribution < 1.29 is 9.53 Å². The largest absolute Gasteiger partial charge is 0.444 e. The van der Waals surface area contributed by atoms with Gasteiger partial charge in [0.05, 0.1) is 6.54 Å². The molecule has 3 aliphatic heterocycles. The zero-order valence-corrected chi connectivity index (χ0v) is 15.9. The highest BCUT2D eigenvalue weighted by Crippen LogP contribution is 2.30. The van der Waals surface area contributed by atoms with E-state index in [1.807, 2.05) is 26.8 Å². The Labute approximate surface area is 151 Å². The van der Waals surface area contributed by atoms with Crippen molar-refractivity contribution in [2.75, 3.05) is 32.0 Å². The molecule has 1 aromatic carbocycles. The summed E-state index contributed by atoms with van der Waals surface area (Å²) in [5, 5.41) is 3.75. The maximum Gasteiger partial charge on any atom is 0.410 e. The van der Waals surface area contributed by atoms with Crippen LogP contribution in [0.2, 0.25) is 0 Å². The van der Waals surface area contributed by atoms with Crippen LogP contribution in [0.1, 0.15) is 39.2 Å². The van der Waals surface area contributed by atoms with Gasteiger partial charge in [-0.25, -0.2) is 4.79 Å². The molecule has 2 bridgehead atoms. The van der Waals surface area contributed by atoms with E-state index in [4.69, 9.17) is 4.74 Å². The predicted molar refractivity (Wildman–Crippen MR) is 101 cm³/mol. The molecule has 3 saturated heterocycles. The Kier molecular flexibility index (Phi) is 5.23. The molecule has 138 valence electrons. The van der Waals surface area contributed by atoms with Crippen LogP contribution >= 0.6 is 0 Å². The summed E-state index contributed by atoms with van der Waals surface area (Å²) >= 11 is 0. The molecule has 0 aromatic heterocycles. The van der Waals surface area contributed by atoms with Crippen molar-refractivity contribution in [3.05, 3.63) is 29.8 Å². The van der Waals surface area contributed by atoms with Gasteiger partial charge in [-0.3, -0.25) is 0 Å². The lowest BCUT2D eigenvalue weighted by atomic mass is 9.84. The van der Waals surface area contributed by atoms with E-state index in [9.17, 15) is 4.79 Å². The Hall–Kier alpha value is -1.75. The topological polar surface area (TPSA) is 44.8 Å². The first-order chi connectivity index (χ1) is 11.8. The number of piperidine rings is 3. The number of ether oxygens (including phenoxy) is 1. The summed E-state index contributed by atoms with van der Waals surface area (Å²) in [5.41, 5.74) is 1.79. The smallest absolute Gasteiger partial charge is 0.410 e. The van der Waals surface area contributed by atoms with E-state index in [-0.39, 0.29) is 6.09 Å². The molecule has 25 heavy (non-hydrogen) atoms. The van der Waals surface area contributed by atoms with Gasteiger partial charge in [-0.05, 0) is 64.3 Å². The van der Waals surface area contributed by atoms with Crippen molar-refractivity contribution in [2.24, 2.45) is 5.92 Å². The molecule has 3 aliphatic rings. The Bertz CT molecular complexity index is 603. The third kappa shape index (κ3) is 4.66. The molecule has 1 aromatic rings. The minimum Gasteiger partial charge on any atom is -0.444 e. The number of hydrogen-bond acceptors (Lipinski definition) is 4. The number of benzene rings is 1. The Morgan fingerprint density at radius 2 is 1.96 bits per heavy atom. The lowest BCUT2D eigenvalue weighted by molar-refractivity contribution is 0.0285. The lowest BCUT2D eigenvalue weighted by Gasteiger charge is -2.45. The van der Waals surface area contributed by atoms with Gasteiger partial charge in [0.1, 0.15) is 5.60 Å². The van der Waals surface area contributed by atoms with Crippen molar-refractivity contribution >= 4 is 11.8 Å². The average molecular weight is 345 g/mol. The number of rotatable bonds is 4. The van der Waals surface area contributed by atoms with Gasteiger partial charge in [-0.2, -0.15) is 0 Å². The van der Waals surface area contributed by atoms with Crippen molar-refractivity contribution in [2.45, 2.75) is 51.8 Å². The molecule has 1 N–H and O–H groups in total. The van der Waals surface area contributed by atoms with E-state index >= 15 is 0 Å². The van der Waals surface area contributed by atoms with Gasteiger partial charge in [0.25, 0.3) is 0 Å². The van der Waals surface area contributed by atoms with E-state index in [0.717, 1.165) is 23.7 Å². The van der Waals surface area contributed by atoms with Crippen LogP contribution in [0.4, 0.5) is 10.5 Å². The van der Waals surface area contributed by atoms with Crippen LogP contribution in [0, 0.1) is 5.92 Å². The Balaban J connectivity index is 1.65. The molecule has 0 spiro atoms. The zero-order valence-electron chi connectivity index (χ0n) is 15.9. The quantitative estimate of drug-likeness (QED) is 0.906. The van der Waals surface area contributed by atoms with Crippen LogP contribution < -0.4 is 5.32 Å². The highest BCUT2D eigenvalue weighted by Gasteiger charge is 2.34. The maximum absolute atomic E-state index is 12.2. The Morgan fingerprint density at radius 3 is 2.56 bits per heavy atom. The number of carbonyl (C=O) groups excluding carboxylic acids is 1. The summed E-state index contributed by atoms with van der Waals surface area (Å²) < 4.78 is 5.46. The van der Waals surface area contributed by atoms with Crippen LogP contribution in [-0.4, -0.2) is 54.2 Å². The molecule has 3 fully saturated rings. The molecular weight excluding hydrogens is 314 g/mol. The summed E-state index contributed by atoms with van der Waals surface area (Å²) in [6.07, 6.45) is 2.29. The van der Waals surface area contributed by atoms with Gasteiger partial charge in [0, 0.05) is 25.3 Å². The summed E-state index contributed by atoms with van der Waals surface area (Å²) in [6, 6.07) is 8.80. The number of hydrogen-bond donors (Lipinski definition) is 1. The predicted octanol–water partition coefficient (Wildman–Crippen LogP) is 3.56. The van der Waals surface area contributed by atoms with Gasteiger partial charge in [-0.1, -0.05) is 18.2 Å². The fraction of sp³-hybridized carbons (Fsp3) is 0.650. The highest BCUT2D eigenvalue weighted by molar-refractivity contribution is 5.68. The zero-order chi connectivity index (χ0) is 18.0. The monoisotopic (exact) mass is 345 g/mol. The average Bonchev–Trinajstić information content (AvgIpc) is 2.56. The number of para-hydroxylation sites is 1. The van der Waals surface area contributed by atoms with Crippen LogP contribution in [0.3, 0.4) is 0 Å². The second kappa shape index (κ2) is 7.24. The van der Waals surface area contributed by atoms with Crippen LogP contribution in [0.5, 0.6) is 0 Å². The first kappa shape index (κ1) is 18.1. The molecule has 1 unspecified atom stereocenters. The molecule has 4 rings (SSSR count). The van der Waals surface area contributed by atoms with E-state index < -0.39 is 5.60 Å². The van der Waals surface area contributed by atoms with Crippen LogP contribution in [-0.2, 0) is 11.3 Å². The summed E-state index contributed by atoms with van der Waals surface area (Å²) in [7, 11) is 1.79. The van der Waals surface area contributed by atoms with Crippen LogP contribution in [0.15, 0.2) is 24.3 Å². The summed E-state index contributed by atoms with van der Waals surface area (Å²) in [5.74, 6) is 0.765. The van der Waals surface area contributed by atoms with Gasteiger partial charge < -0.3 is 19.9 Å². The van der Waals surface area contributed by atoms with Gasteiger partial charge in [0.15, 0.2) is 0 Å². The van der Waals surface area contributed by atoms with Gasteiger partial charge in [-0.15, -0.1) is 0 Å². The number of fused-ring (bicyclic) bond motifs is 3. The minimum absolute atomic E-state index is 0.287. The van der Waals surface area contributed by atoms with Crippen LogP contribution in [0.25, 0.3) is 0 Å². The fourth-order valence-electron chi connectivity index (χ4n) is 3.79. The fourth-order valence-corrected chi connectivity index (χ4v) is 3.79. The standard InChI is InChI=1S/C20H31N3O2/c1-20(2,3)25-19(24)22(4)13-16-7-5-6-8-17(16)21-18-14-23-11-9-15(18)10-12-23/h5-8,15,18,21H,9-14H2,1-4H3. The second-order valence-electron chi connectivity index (χ2n) is 8.38. The number of carbonyl (C=O) groups is 1. The molecule has 1 amide bonds. The van der Waals surface area contributed by atoms with E-state index in [0.29, 0.717) is 12.6 Å². The number of nitrogens with zero attached hydrogens (tertiary/aromatic N) is 2. The molecule has 0 radical (unpaired) electrons. The highest BCUT2D eigenvalue weighted by atomic mass is 16.6. The molecular formula is C20H31N3O2. The summed E-state index contributed by atoms with van der Waals surface area (Å²) in [6.45, 7) is 9.82. The molecule has 0 aliphatic carbocycles. The second-order valence-corrected chi connectivity index (χ2v) is 8.38. The van der Waals surface area contributed by atoms with Crippen molar-refractivity contribution in [1.82, 2.24) is 9.80 Å². The van der Waals surface area contributed by atoms with Gasteiger partial charge >= 0.3 is 6.09 Å². The number of amides is 1. The first-order valence-corrected chi connectivity index (χ1v) is 9.33. The molecule has 3 heterocycles. The molecule has 5 heteroatoms. The normalized spacial score (nSPS) is 25.5. The molecule has 1 atom stereocenters. The SMILES string of the molecule is CN(Cc1ccccc1NC1CN2CCC1CC2)C(=O)OC(C)(C)C. The van der Waals surface area contributed by atoms with E-state index in [1.165, 1.54) is 25.9 Å². The van der Waals surface area contributed by atoms with Crippen molar-refractivity contribution in [1.29, 1.82) is 0 Å². The maximum atomic E-state index is 12.2. The third-order valence-corrected chi connectivity index (χ3v) is 5.13. The number of nitrogens with one attached hydrogen (secondary N) is 1. The lowest BCUT2D eigenvalue weighted by Crippen LogP contribution is -2.53. The minimum atomic E-state index is -0.473. The van der Waals surface area contributed by atoms with Gasteiger partial charge in [0.2, 0.25) is 0 Å². The molecule has 0 saturated carbocycles. The van der Waals surface area contributed by atoms with Crippen molar-refractivity contribution in [3.63, 3.8) is 0 Å². The van der Waals surface area contributed by atoms with E-state index in [2.05, 4.69) is 28.4 Å². The van der Waals surface area contributed by atoms with Crippen molar-refractivity contribution in [3.8, 4) is 0 Å². The summed E-state index contributed by atoms with van der Waals surface area (Å²) in [4.78, 5) is 16.4. The van der Waals surface area contributed by atoms with E-state index in [1.54, 1.807) is 11.9 Å². The Morgan fingerprint density at radius 1 is 1.28 bits per heavy atom. The molecule has 5 nitrogen and oxygen atoms in total. The first-order valence-electron chi connectivity index (χ1n) is 9.33. The number of anilines is 1.